The van der Waals surface area contributed by atoms with Gasteiger partial charge in [0.2, 0.25) is 0 Å². The minimum absolute atomic E-state index is 0.196. The summed E-state index contributed by atoms with van der Waals surface area (Å²) in [5.74, 6) is -0.665. The second kappa shape index (κ2) is 4.91. The molecule has 5 heteroatoms. The van der Waals surface area contributed by atoms with Crippen molar-refractivity contribution in [2.75, 3.05) is 10.6 Å². The zero-order chi connectivity index (χ0) is 15.0. The first-order chi connectivity index (χ1) is 10.1. The fraction of sp³-hybridized carbons (Fsp3) is 0.125. The third-order valence-electron chi connectivity index (χ3n) is 3.57. The standard InChI is InChI=1S/C16H12FN3O/c1-9-12(17)6-10(8-18)7-14(9)19-15-11-4-2-3-5-13(11)20-16(15)21/h2-7,15,19H,1H3,(H,20,21). The number of nitrogens with zero attached hydrogens (tertiary/aromatic N) is 1. The molecule has 0 saturated heterocycles. The second-order valence-electron chi connectivity index (χ2n) is 4.90. The molecular weight excluding hydrogens is 269 g/mol. The minimum Gasteiger partial charge on any atom is -0.370 e. The van der Waals surface area contributed by atoms with E-state index in [1.54, 1.807) is 13.0 Å². The van der Waals surface area contributed by atoms with Crippen molar-refractivity contribution in [3.63, 3.8) is 0 Å². The van der Waals surface area contributed by atoms with Gasteiger partial charge in [-0.2, -0.15) is 5.26 Å². The van der Waals surface area contributed by atoms with Crippen LogP contribution in [0, 0.1) is 24.1 Å². The summed E-state index contributed by atoms with van der Waals surface area (Å²) in [4.78, 5) is 12.1. The van der Waals surface area contributed by atoms with Crippen LogP contribution in [0.1, 0.15) is 22.7 Å². The molecule has 2 aromatic rings. The van der Waals surface area contributed by atoms with Crippen LogP contribution in [0.3, 0.4) is 0 Å². The molecule has 2 N–H and O–H groups in total. The molecule has 1 aliphatic heterocycles. The minimum atomic E-state index is -0.590. The van der Waals surface area contributed by atoms with Crippen molar-refractivity contribution >= 4 is 17.3 Å². The average molecular weight is 281 g/mol. The molecule has 0 spiro atoms. The molecule has 1 atom stereocenters. The van der Waals surface area contributed by atoms with Gasteiger partial charge in [-0.15, -0.1) is 0 Å². The van der Waals surface area contributed by atoms with Crippen LogP contribution in [0.4, 0.5) is 15.8 Å². The molecule has 104 valence electrons. The van der Waals surface area contributed by atoms with Crippen LogP contribution in [0.15, 0.2) is 36.4 Å². The monoisotopic (exact) mass is 281 g/mol. The van der Waals surface area contributed by atoms with Crippen molar-refractivity contribution < 1.29 is 9.18 Å². The van der Waals surface area contributed by atoms with Crippen molar-refractivity contribution in [1.29, 1.82) is 5.26 Å². The van der Waals surface area contributed by atoms with Crippen LogP contribution in [-0.2, 0) is 4.79 Å². The van der Waals surface area contributed by atoms with Crippen LogP contribution in [0.2, 0.25) is 0 Å². The number of nitriles is 1. The smallest absolute Gasteiger partial charge is 0.251 e. The number of benzene rings is 2. The quantitative estimate of drug-likeness (QED) is 0.889. The Bertz CT molecular complexity index is 780. The highest BCUT2D eigenvalue weighted by Gasteiger charge is 2.30. The molecule has 0 radical (unpaired) electrons. The molecule has 4 nitrogen and oxygen atoms in total. The number of carbonyl (C=O) groups excluding carboxylic acids is 1. The number of amides is 1. The number of fused-ring (bicyclic) bond motifs is 1. The van der Waals surface area contributed by atoms with E-state index in [9.17, 15) is 9.18 Å². The molecular formula is C16H12FN3O. The van der Waals surface area contributed by atoms with Crippen LogP contribution < -0.4 is 10.6 Å². The van der Waals surface area contributed by atoms with E-state index in [0.29, 0.717) is 11.3 Å². The Kier molecular flexibility index (Phi) is 3.07. The number of halogens is 1. The van der Waals surface area contributed by atoms with E-state index in [1.807, 2.05) is 30.3 Å². The Morgan fingerprint density at radius 3 is 2.86 bits per heavy atom. The van der Waals surface area contributed by atoms with Gasteiger partial charge in [0.25, 0.3) is 5.91 Å². The average Bonchev–Trinajstić information content (AvgIpc) is 2.79. The van der Waals surface area contributed by atoms with E-state index < -0.39 is 11.9 Å². The van der Waals surface area contributed by atoms with Crippen molar-refractivity contribution in [2.24, 2.45) is 0 Å². The third kappa shape index (κ3) is 2.21. The van der Waals surface area contributed by atoms with Gasteiger partial charge in [-0.25, -0.2) is 4.39 Å². The Hall–Kier alpha value is -2.87. The van der Waals surface area contributed by atoms with Crippen molar-refractivity contribution in [3.05, 3.63) is 58.9 Å². The zero-order valence-electron chi connectivity index (χ0n) is 11.3. The summed E-state index contributed by atoms with van der Waals surface area (Å²) in [5.41, 5.74) is 2.60. The lowest BCUT2D eigenvalue weighted by Crippen LogP contribution is -2.20. The Labute approximate surface area is 121 Å². The molecule has 21 heavy (non-hydrogen) atoms. The Balaban J connectivity index is 2.00. The highest BCUT2D eigenvalue weighted by Crippen LogP contribution is 2.34. The summed E-state index contributed by atoms with van der Waals surface area (Å²) in [6, 6.07) is 11.4. The molecule has 0 aromatic heterocycles. The zero-order valence-corrected chi connectivity index (χ0v) is 11.3. The van der Waals surface area contributed by atoms with Gasteiger partial charge in [0, 0.05) is 22.5 Å². The predicted molar refractivity (Wildman–Crippen MR) is 77.3 cm³/mol. The highest BCUT2D eigenvalue weighted by atomic mass is 19.1. The van der Waals surface area contributed by atoms with Gasteiger partial charge in [-0.3, -0.25) is 4.79 Å². The molecule has 0 aliphatic carbocycles. The van der Waals surface area contributed by atoms with E-state index in [1.165, 1.54) is 6.07 Å². The molecule has 1 unspecified atom stereocenters. The van der Waals surface area contributed by atoms with E-state index in [4.69, 9.17) is 5.26 Å². The maximum Gasteiger partial charge on any atom is 0.251 e. The number of carbonyl (C=O) groups is 1. The maximum atomic E-state index is 13.8. The summed E-state index contributed by atoms with van der Waals surface area (Å²) in [5, 5.41) is 14.7. The molecule has 1 amide bonds. The summed E-state index contributed by atoms with van der Waals surface area (Å²) < 4.78 is 13.8. The largest absolute Gasteiger partial charge is 0.370 e. The van der Waals surface area contributed by atoms with Gasteiger partial charge < -0.3 is 10.6 Å². The van der Waals surface area contributed by atoms with E-state index in [0.717, 1.165) is 11.3 Å². The second-order valence-corrected chi connectivity index (χ2v) is 4.90. The number of hydrogen-bond donors (Lipinski definition) is 2. The van der Waals surface area contributed by atoms with Crippen LogP contribution in [0.5, 0.6) is 0 Å². The number of hydrogen-bond acceptors (Lipinski definition) is 3. The van der Waals surface area contributed by atoms with Crippen molar-refractivity contribution in [3.8, 4) is 6.07 Å². The molecule has 1 heterocycles. The number of rotatable bonds is 2. The lowest BCUT2D eigenvalue weighted by Gasteiger charge is -2.16. The highest BCUT2D eigenvalue weighted by molar-refractivity contribution is 6.04. The summed E-state index contributed by atoms with van der Waals surface area (Å²) in [6.45, 7) is 1.61. The van der Waals surface area contributed by atoms with Gasteiger partial charge in [0.05, 0.1) is 11.6 Å². The van der Waals surface area contributed by atoms with Crippen molar-refractivity contribution in [1.82, 2.24) is 0 Å². The summed E-state index contributed by atoms with van der Waals surface area (Å²) >= 11 is 0. The summed E-state index contributed by atoms with van der Waals surface area (Å²) in [6.07, 6.45) is 0. The van der Waals surface area contributed by atoms with Crippen LogP contribution in [0.25, 0.3) is 0 Å². The normalized spacial score (nSPS) is 16.0. The SMILES string of the molecule is Cc1c(F)cc(C#N)cc1NC1C(=O)Nc2ccccc21. The Morgan fingerprint density at radius 1 is 1.33 bits per heavy atom. The molecule has 3 rings (SSSR count). The topological polar surface area (TPSA) is 64.9 Å². The van der Waals surface area contributed by atoms with E-state index in [2.05, 4.69) is 10.6 Å². The molecule has 0 saturated carbocycles. The maximum absolute atomic E-state index is 13.8. The fourth-order valence-corrected chi connectivity index (χ4v) is 2.40. The third-order valence-corrected chi connectivity index (χ3v) is 3.57. The van der Waals surface area contributed by atoms with E-state index in [-0.39, 0.29) is 11.5 Å². The van der Waals surface area contributed by atoms with E-state index >= 15 is 0 Å². The molecule has 1 aliphatic rings. The lowest BCUT2D eigenvalue weighted by molar-refractivity contribution is -0.116. The number of nitrogens with one attached hydrogen (secondary N) is 2. The number of para-hydroxylation sites is 1. The van der Waals surface area contributed by atoms with Gasteiger partial charge in [-0.1, -0.05) is 18.2 Å². The van der Waals surface area contributed by atoms with Gasteiger partial charge in [0.1, 0.15) is 11.9 Å². The first-order valence-corrected chi connectivity index (χ1v) is 6.46. The van der Waals surface area contributed by atoms with Crippen molar-refractivity contribution in [2.45, 2.75) is 13.0 Å². The van der Waals surface area contributed by atoms with Crippen LogP contribution >= 0.6 is 0 Å². The van der Waals surface area contributed by atoms with Gasteiger partial charge in [0.15, 0.2) is 0 Å². The molecule has 0 bridgehead atoms. The molecule has 0 fully saturated rings. The Morgan fingerprint density at radius 2 is 2.10 bits per heavy atom. The molecule has 2 aromatic carbocycles. The van der Waals surface area contributed by atoms with Gasteiger partial charge >= 0.3 is 0 Å². The van der Waals surface area contributed by atoms with Crippen LogP contribution in [-0.4, -0.2) is 5.91 Å². The predicted octanol–water partition coefficient (Wildman–Crippen LogP) is 3.11. The first kappa shape index (κ1) is 13.1. The fourth-order valence-electron chi connectivity index (χ4n) is 2.40. The summed E-state index contributed by atoms with van der Waals surface area (Å²) in [7, 11) is 0. The number of anilines is 2. The first-order valence-electron chi connectivity index (χ1n) is 6.46. The lowest BCUT2D eigenvalue weighted by atomic mass is 10.1. The van der Waals surface area contributed by atoms with Gasteiger partial charge in [-0.05, 0) is 25.1 Å².